The molecule has 0 radical (unpaired) electrons. The van der Waals surface area contributed by atoms with Gasteiger partial charge >= 0.3 is 0 Å². The van der Waals surface area contributed by atoms with Crippen molar-refractivity contribution in [3.05, 3.63) is 18.6 Å². The highest BCUT2D eigenvalue weighted by Gasteiger charge is 2.12. The van der Waals surface area contributed by atoms with Gasteiger partial charge in [0.25, 0.3) is 0 Å². The van der Waals surface area contributed by atoms with E-state index in [2.05, 4.69) is 15.6 Å². The van der Waals surface area contributed by atoms with Gasteiger partial charge in [-0.05, 0) is 0 Å². The van der Waals surface area contributed by atoms with Gasteiger partial charge in [0.1, 0.15) is 12.1 Å². The maximum atomic E-state index is 4.93. The smallest absolute Gasteiger partial charge is 0.147 e. The molecule has 5 heteroatoms. The van der Waals surface area contributed by atoms with Gasteiger partial charge in [-0.1, -0.05) is 0 Å². The molecule has 0 unspecified atom stereocenters. The quantitative estimate of drug-likeness (QED) is 0.600. The molecule has 2 heterocycles. The van der Waals surface area contributed by atoms with Crippen molar-refractivity contribution in [2.75, 3.05) is 18.2 Å². The first-order valence-electron chi connectivity index (χ1n) is 3.38. The summed E-state index contributed by atoms with van der Waals surface area (Å²) in [6.45, 7) is 1.50. The van der Waals surface area contributed by atoms with E-state index in [4.69, 9.17) is 4.84 Å². The largest absolute Gasteiger partial charge is 0.280 e. The Bertz CT molecular complexity index is 221. The average Bonchev–Trinajstić information content (AvgIpc) is 2.58. The Kier molecular flexibility index (Phi) is 1.66. The van der Waals surface area contributed by atoms with Crippen LogP contribution in [0.1, 0.15) is 0 Å². The predicted molar refractivity (Wildman–Crippen MR) is 38.5 cm³/mol. The van der Waals surface area contributed by atoms with Crippen LogP contribution in [0.25, 0.3) is 0 Å². The molecule has 0 aliphatic carbocycles. The van der Waals surface area contributed by atoms with E-state index in [-0.39, 0.29) is 0 Å². The van der Waals surface area contributed by atoms with Gasteiger partial charge in [-0.2, -0.15) is 0 Å². The van der Waals surface area contributed by atoms with E-state index in [0.29, 0.717) is 6.61 Å². The first-order chi connectivity index (χ1) is 5.47. The van der Waals surface area contributed by atoms with Crippen LogP contribution < -0.4 is 10.6 Å². The van der Waals surface area contributed by atoms with E-state index < -0.39 is 0 Å². The molecular weight excluding hydrogens is 144 g/mol. The number of hydrogen-bond donors (Lipinski definition) is 1. The van der Waals surface area contributed by atoms with Crippen LogP contribution in [-0.4, -0.2) is 23.1 Å². The Morgan fingerprint density at radius 1 is 1.64 bits per heavy atom. The van der Waals surface area contributed by atoms with Gasteiger partial charge in [0, 0.05) is 12.3 Å². The second-order valence-electron chi connectivity index (χ2n) is 2.16. The normalized spacial score (nSPS) is 17.3. The zero-order valence-electron chi connectivity index (χ0n) is 5.90. The Balaban J connectivity index is 2.16. The van der Waals surface area contributed by atoms with Crippen molar-refractivity contribution in [2.45, 2.75) is 0 Å². The molecule has 1 saturated heterocycles. The highest BCUT2D eigenvalue weighted by Crippen LogP contribution is 2.07. The zero-order chi connectivity index (χ0) is 7.52. The summed E-state index contributed by atoms with van der Waals surface area (Å²) in [5, 5.41) is 1.82. The third-order valence-electron chi connectivity index (χ3n) is 1.43. The number of hydrazine groups is 1. The first-order valence-corrected chi connectivity index (χ1v) is 3.38. The molecule has 1 aliphatic heterocycles. The second-order valence-corrected chi connectivity index (χ2v) is 2.16. The van der Waals surface area contributed by atoms with Gasteiger partial charge in [0.05, 0.1) is 13.2 Å². The summed E-state index contributed by atoms with van der Waals surface area (Å²) in [6, 6.07) is 1.82. The van der Waals surface area contributed by atoms with Gasteiger partial charge in [0.2, 0.25) is 0 Å². The lowest BCUT2D eigenvalue weighted by molar-refractivity contribution is 0.0982. The highest BCUT2D eigenvalue weighted by atomic mass is 16.7. The lowest BCUT2D eigenvalue weighted by Gasteiger charge is -2.12. The van der Waals surface area contributed by atoms with Crippen LogP contribution in [0.3, 0.4) is 0 Å². The number of nitrogens with one attached hydrogen (secondary N) is 1. The molecule has 0 atom stereocenters. The lowest BCUT2D eigenvalue weighted by atomic mass is 10.5. The van der Waals surface area contributed by atoms with Crippen molar-refractivity contribution in [1.29, 1.82) is 0 Å². The predicted octanol–water partition coefficient (Wildman–Crippen LogP) is -0.267. The van der Waals surface area contributed by atoms with Gasteiger partial charge in [-0.15, -0.1) is 5.59 Å². The second kappa shape index (κ2) is 2.81. The van der Waals surface area contributed by atoms with E-state index in [1.54, 1.807) is 6.20 Å². The van der Waals surface area contributed by atoms with E-state index in [1.165, 1.54) is 6.33 Å². The number of anilines is 1. The SMILES string of the molecule is c1cc(N2CCON2)ncn1. The third kappa shape index (κ3) is 1.28. The molecule has 0 aromatic carbocycles. The summed E-state index contributed by atoms with van der Waals surface area (Å²) < 4.78 is 0. The minimum Gasteiger partial charge on any atom is -0.280 e. The Morgan fingerprint density at radius 2 is 2.64 bits per heavy atom. The summed E-state index contributed by atoms with van der Waals surface area (Å²) in [7, 11) is 0. The molecule has 1 fully saturated rings. The fourth-order valence-electron chi connectivity index (χ4n) is 0.911. The van der Waals surface area contributed by atoms with Crippen LogP contribution in [-0.2, 0) is 4.84 Å². The van der Waals surface area contributed by atoms with Crippen LogP contribution in [0.15, 0.2) is 18.6 Å². The van der Waals surface area contributed by atoms with Gasteiger partial charge in [0.15, 0.2) is 0 Å². The Labute approximate surface area is 63.9 Å². The van der Waals surface area contributed by atoms with Gasteiger partial charge in [-0.25, -0.2) is 9.97 Å². The molecule has 0 bridgehead atoms. The lowest BCUT2D eigenvalue weighted by Crippen LogP contribution is -2.30. The Morgan fingerprint density at radius 3 is 3.27 bits per heavy atom. The summed E-state index contributed by atoms with van der Waals surface area (Å²) in [6.07, 6.45) is 3.21. The third-order valence-corrected chi connectivity index (χ3v) is 1.43. The van der Waals surface area contributed by atoms with Crippen LogP contribution in [0.4, 0.5) is 5.82 Å². The Hall–Kier alpha value is -1.20. The maximum Gasteiger partial charge on any atom is 0.147 e. The van der Waals surface area contributed by atoms with E-state index in [1.807, 2.05) is 11.1 Å². The van der Waals surface area contributed by atoms with E-state index in [9.17, 15) is 0 Å². The molecule has 5 nitrogen and oxygen atoms in total. The molecule has 58 valence electrons. The fraction of sp³-hybridized carbons (Fsp3) is 0.333. The number of hydrogen-bond acceptors (Lipinski definition) is 5. The topological polar surface area (TPSA) is 50.3 Å². The summed E-state index contributed by atoms with van der Waals surface area (Å²) in [5.74, 6) is 0.831. The molecule has 2 rings (SSSR count). The number of nitrogens with zero attached hydrogens (tertiary/aromatic N) is 3. The van der Waals surface area contributed by atoms with Crippen LogP contribution >= 0.6 is 0 Å². The number of rotatable bonds is 1. The molecule has 1 N–H and O–H groups in total. The van der Waals surface area contributed by atoms with Crippen LogP contribution in [0.5, 0.6) is 0 Å². The molecule has 11 heavy (non-hydrogen) atoms. The van der Waals surface area contributed by atoms with Crippen molar-refractivity contribution in [3.8, 4) is 0 Å². The standard InChI is InChI=1S/C6H8N4O/c1-2-7-5-8-6(1)10-3-4-11-9-10/h1-2,5,9H,3-4H2. The molecule has 0 spiro atoms. The minimum atomic E-state index is 0.685. The number of aromatic nitrogens is 2. The summed E-state index contributed by atoms with van der Waals surface area (Å²) in [4.78, 5) is 12.8. The summed E-state index contributed by atoms with van der Waals surface area (Å²) >= 11 is 0. The van der Waals surface area contributed by atoms with E-state index >= 15 is 0 Å². The molecule has 1 aromatic heterocycles. The monoisotopic (exact) mass is 152 g/mol. The van der Waals surface area contributed by atoms with Crippen molar-refractivity contribution in [1.82, 2.24) is 15.6 Å². The zero-order valence-corrected chi connectivity index (χ0v) is 5.90. The van der Waals surface area contributed by atoms with Gasteiger partial charge < -0.3 is 0 Å². The molecule has 0 amide bonds. The molecular formula is C6H8N4O. The van der Waals surface area contributed by atoms with Crippen molar-refractivity contribution < 1.29 is 4.84 Å². The highest BCUT2D eigenvalue weighted by molar-refractivity contribution is 5.34. The van der Waals surface area contributed by atoms with Crippen molar-refractivity contribution >= 4 is 5.82 Å². The van der Waals surface area contributed by atoms with Crippen molar-refractivity contribution in [3.63, 3.8) is 0 Å². The van der Waals surface area contributed by atoms with Crippen LogP contribution in [0, 0.1) is 0 Å². The fourth-order valence-corrected chi connectivity index (χ4v) is 0.911. The van der Waals surface area contributed by atoms with Crippen LogP contribution in [0.2, 0.25) is 0 Å². The average molecular weight is 152 g/mol. The van der Waals surface area contributed by atoms with E-state index in [0.717, 1.165) is 12.4 Å². The first kappa shape index (κ1) is 6.51. The molecule has 0 saturated carbocycles. The summed E-state index contributed by atoms with van der Waals surface area (Å²) in [5.41, 5.74) is 2.72. The minimum absolute atomic E-state index is 0.685. The molecule has 1 aromatic rings. The van der Waals surface area contributed by atoms with Crippen molar-refractivity contribution in [2.24, 2.45) is 0 Å². The van der Waals surface area contributed by atoms with Gasteiger partial charge in [-0.3, -0.25) is 9.85 Å². The maximum absolute atomic E-state index is 4.93. The molecule has 1 aliphatic rings.